The molecule has 0 aliphatic heterocycles. The molecule has 3 nitrogen and oxygen atoms in total. The van der Waals surface area contributed by atoms with Crippen LogP contribution in [0.4, 0.5) is 0 Å². The first-order valence-electron chi connectivity index (χ1n) is 8.04. The van der Waals surface area contributed by atoms with Gasteiger partial charge in [0.15, 0.2) is 0 Å². The van der Waals surface area contributed by atoms with Crippen LogP contribution >= 0.6 is 0 Å². The molecule has 0 saturated heterocycles. The fourth-order valence-corrected chi connectivity index (χ4v) is 2.24. The molecule has 3 heteroatoms. The van der Waals surface area contributed by atoms with E-state index < -0.39 is 6.10 Å². The Hall–Kier alpha value is -0.900. The first-order chi connectivity index (χ1) is 9.99. The third-order valence-corrected chi connectivity index (χ3v) is 3.58. The van der Waals surface area contributed by atoms with Crippen molar-refractivity contribution >= 4 is 0 Å². The summed E-state index contributed by atoms with van der Waals surface area (Å²) in [4.78, 5) is 0. The van der Waals surface area contributed by atoms with Gasteiger partial charge in [-0.15, -0.1) is 0 Å². The lowest BCUT2D eigenvalue weighted by atomic mass is 10.1. The van der Waals surface area contributed by atoms with E-state index in [0.717, 1.165) is 18.9 Å². The van der Waals surface area contributed by atoms with Gasteiger partial charge in [0.25, 0.3) is 0 Å². The fraction of sp³-hybridized carbons (Fsp3) is 0.667. The van der Waals surface area contributed by atoms with E-state index in [1.807, 2.05) is 0 Å². The molecule has 0 aromatic heterocycles. The van der Waals surface area contributed by atoms with Crippen LogP contribution in [-0.2, 0) is 4.74 Å². The third-order valence-electron chi connectivity index (χ3n) is 3.58. The van der Waals surface area contributed by atoms with Gasteiger partial charge in [-0.3, -0.25) is 0 Å². The predicted octanol–water partition coefficient (Wildman–Crippen LogP) is 3.46. The maximum atomic E-state index is 9.92. The van der Waals surface area contributed by atoms with Crippen molar-refractivity contribution in [3.8, 4) is 0 Å². The van der Waals surface area contributed by atoms with Crippen LogP contribution in [0.25, 0.3) is 0 Å². The van der Waals surface area contributed by atoms with Crippen molar-refractivity contribution in [2.75, 3.05) is 19.8 Å². The molecule has 0 amide bonds. The molecular weight excluding hydrogens is 262 g/mol. The lowest BCUT2D eigenvalue weighted by Crippen LogP contribution is -2.32. The number of nitrogens with one attached hydrogen (secondary N) is 1. The minimum atomic E-state index is -0.448. The second kappa shape index (κ2) is 9.93. The summed E-state index contributed by atoms with van der Waals surface area (Å²) in [7, 11) is 0. The first-order valence-corrected chi connectivity index (χ1v) is 8.04. The molecule has 0 radical (unpaired) electrons. The van der Waals surface area contributed by atoms with Crippen LogP contribution in [0, 0.1) is 12.8 Å². The van der Waals surface area contributed by atoms with E-state index in [9.17, 15) is 5.11 Å². The first kappa shape index (κ1) is 18.1. The second-order valence-corrected chi connectivity index (χ2v) is 6.31. The normalized spacial score (nSPS) is 14.4. The number of hydrogen-bond donors (Lipinski definition) is 2. The van der Waals surface area contributed by atoms with Gasteiger partial charge >= 0.3 is 0 Å². The molecule has 0 heterocycles. The highest BCUT2D eigenvalue weighted by molar-refractivity contribution is 5.24. The van der Waals surface area contributed by atoms with Gasteiger partial charge in [-0.2, -0.15) is 0 Å². The average Bonchev–Trinajstić information content (AvgIpc) is 2.44. The van der Waals surface area contributed by atoms with Crippen molar-refractivity contribution in [1.82, 2.24) is 5.32 Å². The second-order valence-electron chi connectivity index (χ2n) is 6.31. The topological polar surface area (TPSA) is 41.5 Å². The van der Waals surface area contributed by atoms with E-state index in [0.29, 0.717) is 13.2 Å². The van der Waals surface area contributed by atoms with Crippen molar-refractivity contribution in [2.45, 2.75) is 52.7 Å². The number of benzene rings is 1. The summed E-state index contributed by atoms with van der Waals surface area (Å²) in [6.07, 6.45) is 1.80. The van der Waals surface area contributed by atoms with Gasteiger partial charge in [-0.25, -0.2) is 0 Å². The Labute approximate surface area is 129 Å². The van der Waals surface area contributed by atoms with Crippen molar-refractivity contribution in [3.05, 3.63) is 35.4 Å². The maximum Gasteiger partial charge on any atom is 0.0897 e. The molecule has 0 aliphatic rings. The van der Waals surface area contributed by atoms with Crippen LogP contribution in [0.3, 0.4) is 0 Å². The molecule has 0 saturated carbocycles. The quantitative estimate of drug-likeness (QED) is 0.649. The van der Waals surface area contributed by atoms with Gasteiger partial charge in [0.2, 0.25) is 0 Å². The molecule has 1 aromatic carbocycles. The summed E-state index contributed by atoms with van der Waals surface area (Å²) in [5.74, 6) is 0.718. The Morgan fingerprint density at radius 1 is 1.24 bits per heavy atom. The van der Waals surface area contributed by atoms with E-state index in [-0.39, 0.29) is 6.04 Å². The van der Waals surface area contributed by atoms with Gasteiger partial charge in [0.05, 0.1) is 12.7 Å². The molecule has 21 heavy (non-hydrogen) atoms. The van der Waals surface area contributed by atoms with Gasteiger partial charge in [0, 0.05) is 19.2 Å². The van der Waals surface area contributed by atoms with E-state index in [4.69, 9.17) is 4.74 Å². The minimum Gasteiger partial charge on any atom is -0.389 e. The molecule has 1 rings (SSSR count). The van der Waals surface area contributed by atoms with Crippen LogP contribution in [-0.4, -0.2) is 31.0 Å². The number of aliphatic hydroxyl groups excluding tert-OH is 1. The summed E-state index contributed by atoms with van der Waals surface area (Å²) >= 11 is 0. The molecule has 2 N–H and O–H groups in total. The summed E-state index contributed by atoms with van der Waals surface area (Å²) in [6.45, 7) is 10.3. The molecule has 0 spiro atoms. The van der Waals surface area contributed by atoms with Crippen LogP contribution in [0.5, 0.6) is 0 Å². The zero-order valence-electron chi connectivity index (χ0n) is 13.9. The molecule has 1 aromatic rings. The standard InChI is InChI=1S/C18H31NO2/c1-14(2)7-6-10-21-13-18(20)12-19-16(4)17-9-5-8-15(3)11-17/h5,8-9,11,14,16,18-20H,6-7,10,12-13H2,1-4H3/t16-,18?/m1/s1. The largest absolute Gasteiger partial charge is 0.389 e. The van der Waals surface area contributed by atoms with E-state index in [2.05, 4.69) is 57.3 Å². The summed E-state index contributed by atoms with van der Waals surface area (Å²) < 4.78 is 5.51. The van der Waals surface area contributed by atoms with Gasteiger partial charge in [0.1, 0.15) is 0 Å². The van der Waals surface area contributed by atoms with Crippen LogP contribution in [0.15, 0.2) is 24.3 Å². The molecule has 1 unspecified atom stereocenters. The molecule has 0 fully saturated rings. The number of rotatable bonds is 10. The Balaban J connectivity index is 2.16. The summed E-state index contributed by atoms with van der Waals surface area (Å²) in [5, 5.41) is 13.3. The average molecular weight is 293 g/mol. The molecule has 2 atom stereocenters. The Morgan fingerprint density at radius 2 is 2.00 bits per heavy atom. The van der Waals surface area contributed by atoms with Crippen molar-refractivity contribution in [2.24, 2.45) is 5.92 Å². The summed E-state index contributed by atoms with van der Waals surface area (Å²) in [6, 6.07) is 8.68. The Morgan fingerprint density at radius 3 is 2.67 bits per heavy atom. The Bertz CT molecular complexity index is 393. The SMILES string of the molecule is Cc1cccc([C@@H](C)NCC(O)COCCCC(C)C)c1. The highest BCUT2D eigenvalue weighted by Crippen LogP contribution is 2.13. The molecule has 0 aliphatic carbocycles. The van der Waals surface area contributed by atoms with Crippen LogP contribution in [0.2, 0.25) is 0 Å². The van der Waals surface area contributed by atoms with Gasteiger partial charge < -0.3 is 15.2 Å². The highest BCUT2D eigenvalue weighted by atomic mass is 16.5. The summed E-state index contributed by atoms with van der Waals surface area (Å²) in [5.41, 5.74) is 2.51. The van der Waals surface area contributed by atoms with E-state index in [1.165, 1.54) is 17.5 Å². The molecular formula is C18H31NO2. The van der Waals surface area contributed by atoms with Crippen molar-refractivity contribution < 1.29 is 9.84 Å². The van der Waals surface area contributed by atoms with Gasteiger partial charge in [-0.05, 0) is 38.2 Å². The van der Waals surface area contributed by atoms with Crippen LogP contribution < -0.4 is 5.32 Å². The van der Waals surface area contributed by atoms with Crippen LogP contribution in [0.1, 0.15) is 50.8 Å². The number of aryl methyl sites for hydroxylation is 1. The van der Waals surface area contributed by atoms with E-state index >= 15 is 0 Å². The van der Waals surface area contributed by atoms with E-state index in [1.54, 1.807) is 0 Å². The fourth-order valence-electron chi connectivity index (χ4n) is 2.24. The third kappa shape index (κ3) is 8.20. The highest BCUT2D eigenvalue weighted by Gasteiger charge is 2.09. The molecule has 0 bridgehead atoms. The number of hydrogen-bond acceptors (Lipinski definition) is 3. The number of aliphatic hydroxyl groups is 1. The zero-order chi connectivity index (χ0) is 15.7. The minimum absolute atomic E-state index is 0.237. The van der Waals surface area contributed by atoms with Crippen molar-refractivity contribution in [3.63, 3.8) is 0 Å². The maximum absolute atomic E-state index is 9.92. The molecule has 120 valence electrons. The number of ether oxygens (including phenoxy) is 1. The monoisotopic (exact) mass is 293 g/mol. The zero-order valence-corrected chi connectivity index (χ0v) is 13.9. The smallest absolute Gasteiger partial charge is 0.0897 e. The Kier molecular flexibility index (Phi) is 8.58. The lowest BCUT2D eigenvalue weighted by molar-refractivity contribution is 0.0337. The van der Waals surface area contributed by atoms with Crippen molar-refractivity contribution in [1.29, 1.82) is 0 Å². The predicted molar refractivity (Wildman–Crippen MR) is 88.5 cm³/mol. The lowest BCUT2D eigenvalue weighted by Gasteiger charge is -2.18. The van der Waals surface area contributed by atoms with Gasteiger partial charge in [-0.1, -0.05) is 43.7 Å².